The SMILES string of the molecule is CCNC(=O)NC(=O)Cn1cc(C=O)nn1. The summed E-state index contributed by atoms with van der Waals surface area (Å²) in [5.41, 5.74) is 0.130. The topological polar surface area (TPSA) is 106 Å². The molecule has 86 valence electrons. The molecule has 1 aromatic rings. The highest BCUT2D eigenvalue weighted by Gasteiger charge is 2.08. The minimum atomic E-state index is -0.566. The number of hydrogen-bond acceptors (Lipinski definition) is 5. The minimum absolute atomic E-state index is 0.130. The molecule has 8 nitrogen and oxygen atoms in total. The number of rotatable bonds is 4. The zero-order chi connectivity index (χ0) is 12.0. The van der Waals surface area contributed by atoms with Gasteiger partial charge in [0.05, 0.1) is 6.20 Å². The molecule has 1 rings (SSSR count). The number of aromatic nitrogens is 3. The third kappa shape index (κ3) is 3.48. The van der Waals surface area contributed by atoms with Gasteiger partial charge in [0, 0.05) is 6.54 Å². The molecule has 2 N–H and O–H groups in total. The molecule has 0 spiro atoms. The Bertz CT molecular complexity index is 400. The molecule has 0 saturated heterocycles. The van der Waals surface area contributed by atoms with Crippen LogP contribution in [0.1, 0.15) is 17.4 Å². The van der Waals surface area contributed by atoms with Gasteiger partial charge in [-0.1, -0.05) is 5.21 Å². The van der Waals surface area contributed by atoms with Crippen molar-refractivity contribution in [3.8, 4) is 0 Å². The van der Waals surface area contributed by atoms with Crippen molar-refractivity contribution in [3.05, 3.63) is 11.9 Å². The maximum Gasteiger partial charge on any atom is 0.321 e. The molecule has 3 amide bonds. The van der Waals surface area contributed by atoms with Crippen molar-refractivity contribution in [3.63, 3.8) is 0 Å². The molecule has 0 saturated carbocycles. The summed E-state index contributed by atoms with van der Waals surface area (Å²) in [5.74, 6) is -0.534. The first kappa shape index (κ1) is 11.8. The van der Waals surface area contributed by atoms with E-state index in [-0.39, 0.29) is 12.2 Å². The van der Waals surface area contributed by atoms with Crippen LogP contribution in [0.2, 0.25) is 0 Å². The molecule has 0 aliphatic rings. The van der Waals surface area contributed by atoms with Crippen LogP contribution in [0.15, 0.2) is 6.20 Å². The highest BCUT2D eigenvalue weighted by atomic mass is 16.2. The van der Waals surface area contributed by atoms with Gasteiger partial charge in [-0.3, -0.25) is 14.9 Å². The second-order valence-electron chi connectivity index (χ2n) is 2.87. The Morgan fingerprint density at radius 2 is 2.31 bits per heavy atom. The van der Waals surface area contributed by atoms with Gasteiger partial charge in [-0.05, 0) is 6.92 Å². The summed E-state index contributed by atoms with van der Waals surface area (Å²) in [4.78, 5) is 32.5. The first-order chi connectivity index (χ1) is 7.65. The predicted octanol–water partition coefficient (Wildman–Crippen LogP) is -1.06. The lowest BCUT2D eigenvalue weighted by atomic mass is 10.5. The fourth-order valence-electron chi connectivity index (χ4n) is 0.963. The molecular weight excluding hydrogens is 214 g/mol. The van der Waals surface area contributed by atoms with E-state index in [1.54, 1.807) is 6.92 Å². The van der Waals surface area contributed by atoms with Crippen molar-refractivity contribution < 1.29 is 14.4 Å². The first-order valence-corrected chi connectivity index (χ1v) is 4.58. The van der Waals surface area contributed by atoms with E-state index in [4.69, 9.17) is 0 Å². The fraction of sp³-hybridized carbons (Fsp3) is 0.375. The fourth-order valence-corrected chi connectivity index (χ4v) is 0.963. The van der Waals surface area contributed by atoms with Crippen LogP contribution < -0.4 is 10.6 Å². The number of urea groups is 1. The van der Waals surface area contributed by atoms with Gasteiger partial charge in [-0.15, -0.1) is 5.10 Å². The number of nitrogens with zero attached hydrogens (tertiary/aromatic N) is 3. The zero-order valence-corrected chi connectivity index (χ0v) is 8.64. The summed E-state index contributed by atoms with van der Waals surface area (Å²) in [6, 6.07) is -0.566. The predicted molar refractivity (Wildman–Crippen MR) is 52.6 cm³/mol. The van der Waals surface area contributed by atoms with Gasteiger partial charge in [-0.25, -0.2) is 9.48 Å². The van der Waals surface area contributed by atoms with Gasteiger partial charge in [0.25, 0.3) is 0 Å². The number of aldehydes is 1. The van der Waals surface area contributed by atoms with Crippen molar-refractivity contribution >= 4 is 18.2 Å². The van der Waals surface area contributed by atoms with Crippen LogP contribution in [-0.4, -0.2) is 39.8 Å². The summed E-state index contributed by atoms with van der Waals surface area (Å²) in [6.45, 7) is 1.99. The Labute approximate surface area is 91.0 Å². The monoisotopic (exact) mass is 225 g/mol. The number of carbonyl (C=O) groups is 3. The Hall–Kier alpha value is -2.25. The Morgan fingerprint density at radius 3 is 2.88 bits per heavy atom. The van der Waals surface area contributed by atoms with Crippen LogP contribution in [0.5, 0.6) is 0 Å². The van der Waals surface area contributed by atoms with Crippen molar-refractivity contribution in [1.29, 1.82) is 0 Å². The minimum Gasteiger partial charge on any atom is -0.338 e. The third-order valence-corrected chi connectivity index (χ3v) is 1.57. The average molecular weight is 225 g/mol. The standard InChI is InChI=1S/C8H11N5O3/c1-2-9-8(16)10-7(15)4-13-3-6(5-14)11-12-13/h3,5H,2,4H2,1H3,(H2,9,10,15,16). The molecule has 0 bridgehead atoms. The van der Waals surface area contributed by atoms with Gasteiger partial charge < -0.3 is 5.32 Å². The Morgan fingerprint density at radius 1 is 1.56 bits per heavy atom. The van der Waals surface area contributed by atoms with Crippen LogP contribution in [0.3, 0.4) is 0 Å². The van der Waals surface area contributed by atoms with E-state index < -0.39 is 11.9 Å². The average Bonchev–Trinajstić information content (AvgIpc) is 2.65. The maximum absolute atomic E-state index is 11.2. The van der Waals surface area contributed by atoms with Gasteiger partial charge in [0.2, 0.25) is 5.91 Å². The van der Waals surface area contributed by atoms with E-state index in [9.17, 15) is 14.4 Å². The number of nitrogens with one attached hydrogen (secondary N) is 2. The van der Waals surface area contributed by atoms with E-state index in [1.165, 1.54) is 6.20 Å². The van der Waals surface area contributed by atoms with Gasteiger partial charge in [0.1, 0.15) is 12.2 Å². The van der Waals surface area contributed by atoms with E-state index in [0.717, 1.165) is 4.68 Å². The molecule has 0 radical (unpaired) electrons. The second kappa shape index (κ2) is 5.59. The Balaban J connectivity index is 2.45. The van der Waals surface area contributed by atoms with E-state index in [0.29, 0.717) is 12.8 Å². The number of imide groups is 1. The molecule has 0 fully saturated rings. The zero-order valence-electron chi connectivity index (χ0n) is 8.64. The number of hydrogen-bond donors (Lipinski definition) is 2. The molecule has 1 heterocycles. The Kier molecular flexibility index (Phi) is 4.13. The summed E-state index contributed by atoms with van der Waals surface area (Å²) in [6.07, 6.45) is 1.83. The highest BCUT2D eigenvalue weighted by Crippen LogP contribution is 1.88. The van der Waals surface area contributed by atoms with Crippen molar-refractivity contribution in [2.75, 3.05) is 6.54 Å². The van der Waals surface area contributed by atoms with Crippen molar-refractivity contribution in [1.82, 2.24) is 25.6 Å². The second-order valence-corrected chi connectivity index (χ2v) is 2.87. The molecule has 0 aliphatic carbocycles. The molecule has 0 aromatic carbocycles. The quantitative estimate of drug-likeness (QED) is 0.635. The summed E-state index contributed by atoms with van der Waals surface area (Å²) < 4.78 is 1.16. The van der Waals surface area contributed by atoms with Gasteiger partial charge in [-0.2, -0.15) is 0 Å². The molecule has 16 heavy (non-hydrogen) atoms. The summed E-state index contributed by atoms with van der Waals surface area (Å²) in [5, 5.41) is 11.5. The lowest BCUT2D eigenvalue weighted by Gasteiger charge is -2.03. The van der Waals surface area contributed by atoms with E-state index in [1.807, 2.05) is 0 Å². The maximum atomic E-state index is 11.2. The van der Waals surface area contributed by atoms with Crippen LogP contribution in [0, 0.1) is 0 Å². The van der Waals surface area contributed by atoms with Crippen LogP contribution in [0.25, 0.3) is 0 Å². The highest BCUT2D eigenvalue weighted by molar-refractivity contribution is 5.94. The van der Waals surface area contributed by atoms with Gasteiger partial charge in [0.15, 0.2) is 6.29 Å². The molecule has 0 aliphatic heterocycles. The van der Waals surface area contributed by atoms with Crippen LogP contribution in [-0.2, 0) is 11.3 Å². The smallest absolute Gasteiger partial charge is 0.321 e. The molecule has 0 unspecified atom stereocenters. The van der Waals surface area contributed by atoms with Crippen molar-refractivity contribution in [2.45, 2.75) is 13.5 Å². The molecular formula is C8H11N5O3. The van der Waals surface area contributed by atoms with Crippen molar-refractivity contribution in [2.24, 2.45) is 0 Å². The normalized spacial score (nSPS) is 9.56. The van der Waals surface area contributed by atoms with Gasteiger partial charge >= 0.3 is 6.03 Å². The van der Waals surface area contributed by atoms with E-state index >= 15 is 0 Å². The number of carbonyl (C=O) groups excluding carboxylic acids is 3. The lowest BCUT2D eigenvalue weighted by Crippen LogP contribution is -2.40. The van der Waals surface area contributed by atoms with E-state index in [2.05, 4.69) is 20.9 Å². The molecule has 1 aromatic heterocycles. The third-order valence-electron chi connectivity index (χ3n) is 1.57. The van der Waals surface area contributed by atoms with Crippen LogP contribution >= 0.6 is 0 Å². The lowest BCUT2D eigenvalue weighted by molar-refractivity contribution is -0.120. The largest absolute Gasteiger partial charge is 0.338 e. The number of amides is 3. The first-order valence-electron chi connectivity index (χ1n) is 4.58. The van der Waals surface area contributed by atoms with Crippen LogP contribution in [0.4, 0.5) is 4.79 Å². The molecule has 0 atom stereocenters. The molecule has 8 heteroatoms. The summed E-state index contributed by atoms with van der Waals surface area (Å²) in [7, 11) is 0. The summed E-state index contributed by atoms with van der Waals surface area (Å²) >= 11 is 0.